The number of carbonyl (C=O) groups excluding carboxylic acids is 1. The molecule has 1 amide bonds. The monoisotopic (exact) mass is 320 g/mol. The Labute approximate surface area is 113 Å². The van der Waals surface area contributed by atoms with E-state index in [0.717, 1.165) is 6.07 Å². The minimum atomic E-state index is -0.795. The molecular formula is C12H15BrF2N2O. The Hall–Kier alpha value is -1.01. The van der Waals surface area contributed by atoms with Crippen LogP contribution in [0.25, 0.3) is 0 Å². The summed E-state index contributed by atoms with van der Waals surface area (Å²) in [4.78, 5) is 11.6. The zero-order chi connectivity index (χ0) is 13.7. The molecule has 0 aliphatic carbocycles. The highest BCUT2D eigenvalue weighted by Crippen LogP contribution is 2.23. The van der Waals surface area contributed by atoms with Crippen LogP contribution in [0.4, 0.5) is 14.5 Å². The Kier molecular flexibility index (Phi) is 5.68. The Morgan fingerprint density at radius 1 is 1.44 bits per heavy atom. The first-order chi connectivity index (χ1) is 8.43. The molecule has 0 saturated heterocycles. The summed E-state index contributed by atoms with van der Waals surface area (Å²) in [6.07, 6.45) is 0.888. The molecule has 1 unspecified atom stereocenters. The maximum atomic E-state index is 13.4. The number of halogens is 3. The highest BCUT2D eigenvalue weighted by atomic mass is 79.9. The summed E-state index contributed by atoms with van der Waals surface area (Å²) in [5, 5.41) is 2.41. The lowest BCUT2D eigenvalue weighted by molar-refractivity contribution is -0.116. The molecule has 0 heterocycles. The largest absolute Gasteiger partial charge is 0.330 e. The Balaban J connectivity index is 2.62. The molecule has 0 aliphatic rings. The second-order valence-electron chi connectivity index (χ2n) is 4.17. The number of carbonyl (C=O) groups is 1. The van der Waals surface area contributed by atoms with Crippen LogP contribution < -0.4 is 11.1 Å². The van der Waals surface area contributed by atoms with Crippen molar-refractivity contribution in [3.63, 3.8) is 0 Å². The number of hydrogen-bond acceptors (Lipinski definition) is 2. The molecule has 100 valence electrons. The number of nitrogens with one attached hydrogen (secondary N) is 1. The van der Waals surface area contributed by atoms with Crippen LogP contribution in [0.1, 0.15) is 19.8 Å². The van der Waals surface area contributed by atoms with Gasteiger partial charge in [-0.05, 0) is 40.9 Å². The molecule has 3 N–H and O–H groups in total. The average molecular weight is 321 g/mol. The van der Waals surface area contributed by atoms with Crippen LogP contribution in [0, 0.1) is 17.6 Å². The van der Waals surface area contributed by atoms with Crippen LogP contribution in [0.2, 0.25) is 0 Å². The summed E-state index contributed by atoms with van der Waals surface area (Å²) in [5.41, 5.74) is 5.40. The highest BCUT2D eigenvalue weighted by molar-refractivity contribution is 9.10. The zero-order valence-corrected chi connectivity index (χ0v) is 11.6. The van der Waals surface area contributed by atoms with Gasteiger partial charge >= 0.3 is 0 Å². The van der Waals surface area contributed by atoms with Crippen molar-refractivity contribution in [1.29, 1.82) is 0 Å². The fraction of sp³-hybridized carbons (Fsp3) is 0.417. The number of hydrogen-bond donors (Lipinski definition) is 2. The van der Waals surface area contributed by atoms with Crippen LogP contribution >= 0.6 is 15.9 Å². The van der Waals surface area contributed by atoms with Crippen LogP contribution in [0.15, 0.2) is 16.6 Å². The smallest absolute Gasteiger partial charge is 0.224 e. The third kappa shape index (κ3) is 4.34. The molecule has 1 atom stereocenters. The second-order valence-corrected chi connectivity index (χ2v) is 5.03. The number of nitrogens with two attached hydrogens (primary N) is 1. The zero-order valence-electron chi connectivity index (χ0n) is 9.97. The first-order valence-electron chi connectivity index (χ1n) is 5.58. The predicted octanol–water partition coefficient (Wildman–Crippen LogP) is 3.04. The first-order valence-corrected chi connectivity index (χ1v) is 6.37. The molecule has 0 radical (unpaired) electrons. The van der Waals surface area contributed by atoms with E-state index in [1.54, 1.807) is 0 Å². The van der Waals surface area contributed by atoms with Gasteiger partial charge in [0.05, 0.1) is 10.2 Å². The molecule has 0 fully saturated rings. The highest BCUT2D eigenvalue weighted by Gasteiger charge is 2.11. The van der Waals surface area contributed by atoms with Crippen LogP contribution in [0.3, 0.4) is 0 Å². The lowest BCUT2D eigenvalue weighted by Crippen LogP contribution is -2.17. The van der Waals surface area contributed by atoms with Crippen LogP contribution in [0.5, 0.6) is 0 Å². The van der Waals surface area contributed by atoms with E-state index in [2.05, 4.69) is 21.2 Å². The summed E-state index contributed by atoms with van der Waals surface area (Å²) in [6, 6.07) is 1.93. The summed E-state index contributed by atoms with van der Waals surface area (Å²) in [5.74, 6) is -1.58. The van der Waals surface area contributed by atoms with Crippen LogP contribution in [-0.4, -0.2) is 12.5 Å². The van der Waals surface area contributed by atoms with Gasteiger partial charge in [-0.25, -0.2) is 8.78 Å². The van der Waals surface area contributed by atoms with Crippen molar-refractivity contribution in [2.75, 3.05) is 11.9 Å². The SMILES string of the molecule is CC(CN)CCC(=O)Nc1cc(Br)c(F)cc1F. The minimum Gasteiger partial charge on any atom is -0.330 e. The molecule has 18 heavy (non-hydrogen) atoms. The molecular weight excluding hydrogens is 306 g/mol. The minimum absolute atomic E-state index is 0.0336. The molecule has 0 aliphatic heterocycles. The number of anilines is 1. The number of benzene rings is 1. The predicted molar refractivity (Wildman–Crippen MR) is 70.1 cm³/mol. The fourth-order valence-electron chi connectivity index (χ4n) is 1.33. The summed E-state index contributed by atoms with van der Waals surface area (Å²) >= 11 is 2.93. The van der Waals surface area contributed by atoms with Crippen molar-refractivity contribution < 1.29 is 13.6 Å². The van der Waals surface area contributed by atoms with Gasteiger partial charge < -0.3 is 11.1 Å². The maximum absolute atomic E-state index is 13.4. The lowest BCUT2D eigenvalue weighted by atomic mass is 10.1. The van der Waals surface area contributed by atoms with Gasteiger partial charge in [0.15, 0.2) is 0 Å². The van der Waals surface area contributed by atoms with Gasteiger partial charge in [-0.1, -0.05) is 6.92 Å². The van der Waals surface area contributed by atoms with Gasteiger partial charge in [0.1, 0.15) is 11.6 Å². The van der Waals surface area contributed by atoms with Gasteiger partial charge in [0.25, 0.3) is 0 Å². The first kappa shape index (κ1) is 15.0. The van der Waals surface area contributed by atoms with E-state index >= 15 is 0 Å². The number of amides is 1. The topological polar surface area (TPSA) is 55.1 Å². The molecule has 0 bridgehead atoms. The normalized spacial score (nSPS) is 12.3. The van der Waals surface area contributed by atoms with Gasteiger partial charge in [0, 0.05) is 12.5 Å². The lowest BCUT2D eigenvalue weighted by Gasteiger charge is -2.10. The van der Waals surface area contributed by atoms with Crippen molar-refractivity contribution in [2.45, 2.75) is 19.8 Å². The Morgan fingerprint density at radius 3 is 2.72 bits per heavy atom. The Bertz CT molecular complexity index is 440. The third-order valence-corrected chi connectivity index (χ3v) is 3.16. The molecule has 1 aromatic carbocycles. The molecule has 0 saturated carbocycles. The van der Waals surface area contributed by atoms with E-state index < -0.39 is 11.6 Å². The standard InChI is InChI=1S/C12H15BrF2N2O/c1-7(6-16)2-3-12(18)17-11-4-8(13)9(14)5-10(11)15/h4-5,7H,2-3,6,16H2,1H3,(H,17,18). The molecule has 3 nitrogen and oxygen atoms in total. The van der Waals surface area contributed by atoms with Gasteiger partial charge in [-0.3, -0.25) is 4.79 Å². The van der Waals surface area contributed by atoms with E-state index in [1.165, 1.54) is 6.07 Å². The van der Waals surface area contributed by atoms with Crippen molar-refractivity contribution in [2.24, 2.45) is 11.7 Å². The van der Waals surface area contributed by atoms with Crippen molar-refractivity contribution in [3.8, 4) is 0 Å². The molecule has 1 rings (SSSR count). The van der Waals surface area contributed by atoms with E-state index in [0.29, 0.717) is 13.0 Å². The molecule has 0 aromatic heterocycles. The van der Waals surface area contributed by atoms with E-state index in [-0.39, 0.29) is 28.4 Å². The fourth-order valence-corrected chi connectivity index (χ4v) is 1.67. The van der Waals surface area contributed by atoms with Gasteiger partial charge in [-0.15, -0.1) is 0 Å². The Morgan fingerprint density at radius 2 is 2.11 bits per heavy atom. The average Bonchev–Trinajstić information content (AvgIpc) is 2.33. The maximum Gasteiger partial charge on any atom is 0.224 e. The summed E-state index contributed by atoms with van der Waals surface area (Å²) in [7, 11) is 0. The van der Waals surface area contributed by atoms with Gasteiger partial charge in [0.2, 0.25) is 5.91 Å². The van der Waals surface area contributed by atoms with Gasteiger partial charge in [-0.2, -0.15) is 0 Å². The third-order valence-electron chi connectivity index (χ3n) is 2.55. The molecule has 1 aromatic rings. The van der Waals surface area contributed by atoms with Crippen molar-refractivity contribution >= 4 is 27.5 Å². The summed E-state index contributed by atoms with van der Waals surface area (Å²) < 4.78 is 26.4. The van der Waals surface area contributed by atoms with E-state index in [1.807, 2.05) is 6.92 Å². The van der Waals surface area contributed by atoms with Crippen LogP contribution in [-0.2, 0) is 4.79 Å². The molecule has 6 heteroatoms. The summed E-state index contributed by atoms with van der Waals surface area (Å²) in [6.45, 7) is 2.44. The second kappa shape index (κ2) is 6.80. The van der Waals surface area contributed by atoms with E-state index in [9.17, 15) is 13.6 Å². The number of rotatable bonds is 5. The van der Waals surface area contributed by atoms with E-state index in [4.69, 9.17) is 5.73 Å². The quantitative estimate of drug-likeness (QED) is 0.819. The van der Waals surface area contributed by atoms with Crippen molar-refractivity contribution in [1.82, 2.24) is 0 Å². The molecule has 0 spiro atoms. The van der Waals surface area contributed by atoms with Crippen molar-refractivity contribution in [3.05, 3.63) is 28.2 Å².